The number of halogens is 2. The van der Waals surface area contributed by atoms with Crippen molar-refractivity contribution in [2.75, 3.05) is 19.8 Å². The maximum atomic E-state index is 12.2. The second-order valence-electron chi connectivity index (χ2n) is 9.33. The number of ether oxygens (including phenoxy) is 2. The van der Waals surface area contributed by atoms with Gasteiger partial charge in [-0.3, -0.25) is 0 Å². The molecule has 1 aliphatic rings. The van der Waals surface area contributed by atoms with E-state index in [0.717, 1.165) is 43.7 Å². The van der Waals surface area contributed by atoms with Gasteiger partial charge in [-0.2, -0.15) is 8.78 Å². The molecule has 7 heteroatoms. The molecule has 1 aromatic rings. The molecule has 1 N–H and O–H groups in total. The molecule has 1 saturated carbocycles. The van der Waals surface area contributed by atoms with Crippen molar-refractivity contribution >= 4 is 11.9 Å². The van der Waals surface area contributed by atoms with Gasteiger partial charge in [-0.05, 0) is 80.9 Å². The molecule has 0 aromatic heterocycles. The van der Waals surface area contributed by atoms with Crippen molar-refractivity contribution in [3.63, 3.8) is 0 Å². The minimum atomic E-state index is -1.64. The van der Waals surface area contributed by atoms with E-state index in [1.165, 1.54) is 5.56 Å². The summed E-state index contributed by atoms with van der Waals surface area (Å²) in [6.45, 7) is 8.40. The predicted octanol–water partition coefficient (Wildman–Crippen LogP) is 5.89. The van der Waals surface area contributed by atoms with Crippen LogP contribution in [0.5, 0.6) is 0 Å². The third-order valence-corrected chi connectivity index (χ3v) is 6.42. The Morgan fingerprint density at radius 3 is 2.20 bits per heavy atom. The Morgan fingerprint density at radius 2 is 1.66 bits per heavy atom. The topological polar surface area (TPSA) is 72.8 Å². The molecule has 1 atom stereocenters. The van der Waals surface area contributed by atoms with Crippen LogP contribution in [0, 0.1) is 11.8 Å². The lowest BCUT2D eigenvalue weighted by Gasteiger charge is -2.31. The van der Waals surface area contributed by atoms with Crippen LogP contribution in [0.3, 0.4) is 0 Å². The zero-order valence-electron chi connectivity index (χ0n) is 20.4. The van der Waals surface area contributed by atoms with Crippen LogP contribution in [0.4, 0.5) is 8.78 Å². The third kappa shape index (κ3) is 10.1. The van der Waals surface area contributed by atoms with Crippen LogP contribution >= 0.6 is 0 Å². The first-order valence-electron chi connectivity index (χ1n) is 12.1. The average molecular weight is 491 g/mol. The maximum absolute atomic E-state index is 12.2. The van der Waals surface area contributed by atoms with Crippen LogP contribution < -0.4 is 0 Å². The van der Waals surface area contributed by atoms with Crippen molar-refractivity contribution in [3.05, 3.63) is 71.9 Å². The highest BCUT2D eigenvalue weighted by Crippen LogP contribution is 2.38. The first kappa shape index (κ1) is 28.4. The summed E-state index contributed by atoms with van der Waals surface area (Å²) in [5, 5.41) is 9.05. The van der Waals surface area contributed by atoms with Gasteiger partial charge in [0.1, 0.15) is 0 Å². The van der Waals surface area contributed by atoms with Gasteiger partial charge in [0.2, 0.25) is 0 Å². The number of benzene rings is 1. The Labute approximate surface area is 206 Å². The number of carbonyl (C=O) groups is 2. The van der Waals surface area contributed by atoms with E-state index in [9.17, 15) is 18.4 Å². The van der Waals surface area contributed by atoms with Gasteiger partial charge in [-0.15, -0.1) is 0 Å². The minimum absolute atomic E-state index is 0.0137. The van der Waals surface area contributed by atoms with Crippen molar-refractivity contribution < 1.29 is 33.0 Å². The highest BCUT2D eigenvalue weighted by molar-refractivity contribution is 5.88. The number of aryl methyl sites for hydroxylation is 1. The molecular formula is C28H36F2O5. The lowest BCUT2D eigenvalue weighted by Crippen LogP contribution is -2.25. The number of aliphatic hydroxyl groups excluding tert-OH is 1. The van der Waals surface area contributed by atoms with Gasteiger partial charge in [-0.1, -0.05) is 37.4 Å². The number of aliphatic hydroxyl groups is 1. The quantitative estimate of drug-likeness (QED) is 0.276. The smallest absolute Gasteiger partial charge is 0.335 e. The van der Waals surface area contributed by atoms with Crippen molar-refractivity contribution in [2.45, 2.75) is 57.8 Å². The molecule has 1 unspecified atom stereocenters. The third-order valence-electron chi connectivity index (χ3n) is 6.42. The van der Waals surface area contributed by atoms with Gasteiger partial charge in [0.05, 0.1) is 25.4 Å². The number of esters is 2. The molecule has 0 amide bonds. The van der Waals surface area contributed by atoms with Crippen LogP contribution in [-0.4, -0.2) is 36.9 Å². The second kappa shape index (κ2) is 14.6. The molecule has 35 heavy (non-hydrogen) atoms. The van der Waals surface area contributed by atoms with E-state index in [2.05, 4.69) is 25.3 Å². The Balaban J connectivity index is 1.87. The highest BCUT2D eigenvalue weighted by Gasteiger charge is 2.26. The van der Waals surface area contributed by atoms with E-state index in [4.69, 9.17) is 14.6 Å². The molecule has 1 aromatic carbocycles. The summed E-state index contributed by atoms with van der Waals surface area (Å²) in [4.78, 5) is 23.7. The average Bonchev–Trinajstić information content (AvgIpc) is 2.85. The lowest BCUT2D eigenvalue weighted by atomic mass is 9.76. The summed E-state index contributed by atoms with van der Waals surface area (Å²) in [6.07, 6.45) is 5.07. The molecule has 5 nitrogen and oxygen atoms in total. The SMILES string of the molecule is C=C(C)C(=O)OCC(COC(=O)C(=C)CO)CC1CCC(c2ccc(CCC=C(F)F)cc2)CC1. The highest BCUT2D eigenvalue weighted by atomic mass is 19.3. The molecule has 0 heterocycles. The lowest BCUT2D eigenvalue weighted by molar-refractivity contribution is -0.144. The van der Waals surface area contributed by atoms with Crippen LogP contribution in [0.15, 0.2) is 60.7 Å². The van der Waals surface area contributed by atoms with Gasteiger partial charge >= 0.3 is 11.9 Å². The molecular weight excluding hydrogens is 454 g/mol. The van der Waals surface area contributed by atoms with E-state index in [1.54, 1.807) is 6.92 Å². The van der Waals surface area contributed by atoms with E-state index in [1.807, 2.05) is 12.1 Å². The van der Waals surface area contributed by atoms with Crippen LogP contribution in [0.1, 0.15) is 62.5 Å². The Morgan fingerprint density at radius 1 is 1.06 bits per heavy atom. The molecule has 2 rings (SSSR count). The minimum Gasteiger partial charge on any atom is -0.462 e. The molecule has 0 spiro atoms. The number of carbonyl (C=O) groups excluding carboxylic acids is 2. The van der Waals surface area contributed by atoms with Crippen molar-refractivity contribution in [2.24, 2.45) is 11.8 Å². The maximum Gasteiger partial charge on any atom is 0.335 e. The first-order valence-corrected chi connectivity index (χ1v) is 12.1. The van der Waals surface area contributed by atoms with Gasteiger partial charge in [0, 0.05) is 11.5 Å². The normalized spacial score (nSPS) is 18.3. The van der Waals surface area contributed by atoms with Gasteiger partial charge in [-0.25, -0.2) is 9.59 Å². The molecule has 0 radical (unpaired) electrons. The van der Waals surface area contributed by atoms with Crippen molar-refractivity contribution in [3.8, 4) is 0 Å². The zero-order chi connectivity index (χ0) is 25.8. The van der Waals surface area contributed by atoms with Crippen LogP contribution in [-0.2, 0) is 25.5 Å². The van der Waals surface area contributed by atoms with E-state index in [0.29, 0.717) is 30.3 Å². The van der Waals surface area contributed by atoms with E-state index < -0.39 is 24.6 Å². The molecule has 192 valence electrons. The van der Waals surface area contributed by atoms with E-state index in [-0.39, 0.29) is 24.7 Å². The largest absolute Gasteiger partial charge is 0.462 e. The Kier molecular flexibility index (Phi) is 11.8. The van der Waals surface area contributed by atoms with Gasteiger partial charge in [0.25, 0.3) is 6.08 Å². The second-order valence-corrected chi connectivity index (χ2v) is 9.33. The summed E-state index contributed by atoms with van der Waals surface area (Å²) in [7, 11) is 0. The predicted molar refractivity (Wildman–Crippen MR) is 131 cm³/mol. The monoisotopic (exact) mass is 490 g/mol. The summed E-state index contributed by atoms with van der Waals surface area (Å²) < 4.78 is 35.0. The van der Waals surface area contributed by atoms with E-state index >= 15 is 0 Å². The number of rotatable bonds is 13. The molecule has 0 aliphatic heterocycles. The van der Waals surface area contributed by atoms with Gasteiger partial charge in [0.15, 0.2) is 0 Å². The fourth-order valence-corrected chi connectivity index (χ4v) is 4.37. The Hall–Kier alpha value is -2.80. The fourth-order valence-electron chi connectivity index (χ4n) is 4.37. The summed E-state index contributed by atoms with van der Waals surface area (Å²) >= 11 is 0. The summed E-state index contributed by atoms with van der Waals surface area (Å²) in [6, 6.07) is 8.24. The number of allylic oxidation sites excluding steroid dienone is 1. The molecule has 1 fully saturated rings. The van der Waals surface area contributed by atoms with Crippen LogP contribution in [0.2, 0.25) is 0 Å². The molecule has 1 aliphatic carbocycles. The number of hydrogen-bond donors (Lipinski definition) is 1. The zero-order valence-corrected chi connectivity index (χ0v) is 20.4. The molecule has 0 bridgehead atoms. The number of hydrogen-bond acceptors (Lipinski definition) is 5. The summed E-state index contributed by atoms with van der Waals surface area (Å²) in [5.74, 6) is -0.409. The van der Waals surface area contributed by atoms with Crippen LogP contribution in [0.25, 0.3) is 0 Å². The first-order chi connectivity index (χ1) is 16.7. The van der Waals surface area contributed by atoms with Crippen molar-refractivity contribution in [1.29, 1.82) is 0 Å². The Bertz CT molecular complexity index is 894. The molecule has 0 saturated heterocycles. The van der Waals surface area contributed by atoms with Crippen molar-refractivity contribution in [1.82, 2.24) is 0 Å². The van der Waals surface area contributed by atoms with Gasteiger partial charge < -0.3 is 14.6 Å². The fraction of sp³-hybridized carbons (Fsp3) is 0.500. The summed E-state index contributed by atoms with van der Waals surface area (Å²) in [5.41, 5.74) is 2.61. The standard InChI is InChI=1S/C28H36F2O5/c1-19(2)27(32)34-17-23(18-35-28(33)20(3)16-31)15-22-9-13-25(14-10-22)24-11-7-21(8-12-24)5-4-6-26(29)30/h6-8,11-12,22-23,25,31H,1,3-5,9-10,13-18H2,2H3.